The van der Waals surface area contributed by atoms with Crippen molar-refractivity contribution in [2.45, 2.75) is 64.2 Å². The van der Waals surface area contributed by atoms with Gasteiger partial charge in [0.2, 0.25) is 5.91 Å². The maximum atomic E-state index is 15.4. The van der Waals surface area contributed by atoms with Crippen LogP contribution in [0.4, 0.5) is 13.2 Å². The van der Waals surface area contributed by atoms with Crippen molar-refractivity contribution in [2.75, 3.05) is 13.1 Å². The number of nitrogens with two attached hydrogens (primary N) is 1. The highest BCUT2D eigenvalue weighted by Crippen LogP contribution is 2.53. The van der Waals surface area contributed by atoms with Crippen LogP contribution in [0.25, 0.3) is 0 Å². The van der Waals surface area contributed by atoms with Crippen LogP contribution in [0.1, 0.15) is 52.5 Å². The SMILES string of the molecule is CC(C)(C)C1=CC2=CC(NC(=O)C3(c4ccc5c(c4)OC(F)(F)O5)CC3)=C(F)CC2(C)N1CCN. The number of halogens is 3. The maximum Gasteiger partial charge on any atom is 0.586 e. The standard InChI is InChI=1S/C26H30F3N3O3/c1-23(2,3)21-13-16-11-18(17(27)14-24(16,4)32(21)10-9-30)31-22(33)25(7-8-25)15-5-6-19-20(12-15)35-26(28,29)34-19/h5-6,11-13H,7-10,14,30H2,1-4H3,(H,31,33). The molecule has 6 nitrogen and oxygen atoms in total. The number of carbonyl (C=O) groups excluding carboxylic acids is 1. The number of carbonyl (C=O) groups is 1. The molecule has 0 bridgehead atoms. The second-order valence-electron chi connectivity index (χ2n) is 11.0. The summed E-state index contributed by atoms with van der Waals surface area (Å²) in [6.45, 7) is 9.34. The fourth-order valence-electron chi connectivity index (χ4n) is 5.31. The van der Waals surface area contributed by atoms with Gasteiger partial charge in [-0.25, -0.2) is 4.39 Å². The molecule has 188 valence electrons. The Kier molecular flexibility index (Phi) is 5.12. The monoisotopic (exact) mass is 489 g/mol. The molecule has 2 heterocycles. The van der Waals surface area contributed by atoms with Crippen molar-refractivity contribution < 1.29 is 27.4 Å². The number of nitrogens with zero attached hydrogens (tertiary/aromatic N) is 1. The summed E-state index contributed by atoms with van der Waals surface area (Å²) in [5.74, 6) is -0.968. The molecule has 35 heavy (non-hydrogen) atoms. The van der Waals surface area contributed by atoms with Gasteiger partial charge in [0.1, 0.15) is 5.83 Å². The van der Waals surface area contributed by atoms with E-state index in [2.05, 4.69) is 46.5 Å². The first-order valence-electron chi connectivity index (χ1n) is 11.8. The lowest BCUT2D eigenvalue weighted by Gasteiger charge is -2.44. The van der Waals surface area contributed by atoms with Gasteiger partial charge < -0.3 is 25.4 Å². The smallest absolute Gasteiger partial charge is 0.395 e. The Morgan fingerprint density at radius 1 is 1.17 bits per heavy atom. The third-order valence-corrected chi connectivity index (χ3v) is 7.40. The largest absolute Gasteiger partial charge is 0.586 e. The average Bonchev–Trinajstić information content (AvgIpc) is 3.43. The van der Waals surface area contributed by atoms with Crippen LogP contribution in [-0.4, -0.2) is 35.7 Å². The lowest BCUT2D eigenvalue weighted by molar-refractivity contribution is -0.286. The van der Waals surface area contributed by atoms with Crippen molar-refractivity contribution in [1.29, 1.82) is 0 Å². The molecule has 0 aromatic heterocycles. The van der Waals surface area contributed by atoms with Crippen LogP contribution < -0.4 is 20.5 Å². The molecule has 1 amide bonds. The zero-order valence-electron chi connectivity index (χ0n) is 20.3. The molecule has 0 radical (unpaired) electrons. The average molecular weight is 490 g/mol. The summed E-state index contributed by atoms with van der Waals surface area (Å²) < 4.78 is 51.2. The highest BCUT2D eigenvalue weighted by atomic mass is 19.3. The van der Waals surface area contributed by atoms with Crippen molar-refractivity contribution in [1.82, 2.24) is 10.2 Å². The van der Waals surface area contributed by atoms with Gasteiger partial charge in [-0.1, -0.05) is 26.8 Å². The first-order chi connectivity index (χ1) is 16.3. The van der Waals surface area contributed by atoms with Crippen molar-refractivity contribution in [3.05, 3.63) is 58.7 Å². The number of hydrogen-bond acceptors (Lipinski definition) is 5. The topological polar surface area (TPSA) is 76.8 Å². The predicted octanol–water partition coefficient (Wildman–Crippen LogP) is 4.63. The molecular weight excluding hydrogens is 459 g/mol. The normalized spacial score (nSPS) is 25.8. The van der Waals surface area contributed by atoms with Gasteiger partial charge in [0.05, 0.1) is 16.7 Å². The molecular formula is C26H30F3N3O3. The van der Waals surface area contributed by atoms with Crippen LogP contribution in [0, 0.1) is 5.41 Å². The Bertz CT molecular complexity index is 1190. The van der Waals surface area contributed by atoms with E-state index < -0.39 is 23.1 Å². The number of amides is 1. The van der Waals surface area contributed by atoms with E-state index in [1.807, 2.05) is 6.92 Å². The zero-order chi connectivity index (χ0) is 25.4. The molecule has 0 spiro atoms. The van der Waals surface area contributed by atoms with Gasteiger partial charge in [-0.15, -0.1) is 8.78 Å². The van der Waals surface area contributed by atoms with Crippen molar-refractivity contribution in [3.63, 3.8) is 0 Å². The van der Waals surface area contributed by atoms with Crippen LogP contribution in [0.15, 0.2) is 53.1 Å². The quantitative estimate of drug-likeness (QED) is 0.631. The van der Waals surface area contributed by atoms with E-state index in [9.17, 15) is 13.6 Å². The minimum Gasteiger partial charge on any atom is -0.395 e. The minimum absolute atomic E-state index is 0.0790. The Morgan fingerprint density at radius 3 is 2.49 bits per heavy atom. The third kappa shape index (κ3) is 3.80. The number of nitrogens with one attached hydrogen (secondary N) is 1. The van der Waals surface area contributed by atoms with Crippen LogP contribution in [-0.2, 0) is 10.2 Å². The number of ether oxygens (including phenoxy) is 2. The van der Waals surface area contributed by atoms with Crippen molar-refractivity contribution in [2.24, 2.45) is 11.1 Å². The minimum atomic E-state index is -3.73. The number of hydrogen-bond donors (Lipinski definition) is 2. The Labute approximate surface area is 202 Å². The number of alkyl halides is 2. The van der Waals surface area contributed by atoms with Gasteiger partial charge in [0.25, 0.3) is 0 Å². The summed E-state index contributed by atoms with van der Waals surface area (Å²) >= 11 is 0. The fourth-order valence-corrected chi connectivity index (χ4v) is 5.31. The maximum absolute atomic E-state index is 15.4. The highest BCUT2D eigenvalue weighted by Gasteiger charge is 2.54. The molecule has 1 fully saturated rings. The van der Waals surface area contributed by atoms with Gasteiger partial charge in [0.15, 0.2) is 11.5 Å². The molecule has 1 aromatic carbocycles. The van der Waals surface area contributed by atoms with Gasteiger partial charge in [-0.2, -0.15) is 0 Å². The lowest BCUT2D eigenvalue weighted by atomic mass is 9.83. The Morgan fingerprint density at radius 2 is 1.86 bits per heavy atom. The highest BCUT2D eigenvalue weighted by molar-refractivity contribution is 5.93. The van der Waals surface area contributed by atoms with Crippen LogP contribution in [0.2, 0.25) is 0 Å². The predicted molar refractivity (Wildman–Crippen MR) is 124 cm³/mol. The van der Waals surface area contributed by atoms with Crippen LogP contribution in [0.3, 0.4) is 0 Å². The molecule has 1 aromatic rings. The molecule has 3 N–H and O–H groups in total. The molecule has 1 saturated carbocycles. The zero-order valence-corrected chi connectivity index (χ0v) is 20.3. The van der Waals surface area contributed by atoms with E-state index in [-0.39, 0.29) is 34.9 Å². The van der Waals surface area contributed by atoms with E-state index in [4.69, 9.17) is 5.73 Å². The summed E-state index contributed by atoms with van der Waals surface area (Å²) in [6.07, 6.45) is 1.20. The lowest BCUT2D eigenvalue weighted by Crippen LogP contribution is -2.48. The Balaban J connectivity index is 1.41. The molecule has 2 aliphatic heterocycles. The molecule has 9 heteroatoms. The summed E-state index contributed by atoms with van der Waals surface area (Å²) in [5.41, 5.74) is 6.88. The number of benzene rings is 1. The number of fused-ring (bicyclic) bond motifs is 2. The first kappa shape index (κ1) is 23.8. The van der Waals surface area contributed by atoms with Gasteiger partial charge >= 0.3 is 6.29 Å². The molecule has 1 atom stereocenters. The first-order valence-corrected chi connectivity index (χ1v) is 11.8. The van der Waals surface area contributed by atoms with Gasteiger partial charge in [-0.05, 0) is 55.2 Å². The summed E-state index contributed by atoms with van der Waals surface area (Å²) in [4.78, 5) is 15.5. The molecule has 1 unspecified atom stereocenters. The van der Waals surface area contributed by atoms with E-state index in [1.165, 1.54) is 12.1 Å². The number of allylic oxidation sites excluding steroid dienone is 2. The van der Waals surface area contributed by atoms with Crippen molar-refractivity contribution in [3.8, 4) is 11.5 Å². The summed E-state index contributed by atoms with van der Waals surface area (Å²) in [7, 11) is 0. The van der Waals surface area contributed by atoms with E-state index in [0.29, 0.717) is 31.5 Å². The fraction of sp³-hybridized carbons (Fsp3) is 0.500. The van der Waals surface area contributed by atoms with E-state index >= 15 is 4.39 Å². The second-order valence-corrected chi connectivity index (χ2v) is 11.0. The number of rotatable bonds is 5. The van der Waals surface area contributed by atoms with Gasteiger partial charge in [0, 0.05) is 30.6 Å². The summed E-state index contributed by atoms with van der Waals surface area (Å²) in [5, 5.41) is 2.78. The second kappa shape index (κ2) is 7.53. The summed E-state index contributed by atoms with van der Waals surface area (Å²) in [6, 6.07) is 4.36. The van der Waals surface area contributed by atoms with Crippen LogP contribution in [0.5, 0.6) is 11.5 Å². The molecule has 5 rings (SSSR count). The van der Waals surface area contributed by atoms with Gasteiger partial charge in [-0.3, -0.25) is 4.79 Å². The van der Waals surface area contributed by atoms with Crippen LogP contribution >= 0.6 is 0 Å². The van der Waals surface area contributed by atoms with Crippen molar-refractivity contribution >= 4 is 5.91 Å². The molecule has 2 aliphatic carbocycles. The third-order valence-electron chi connectivity index (χ3n) is 7.40. The molecule has 4 aliphatic rings. The van der Waals surface area contributed by atoms with E-state index in [0.717, 1.165) is 11.3 Å². The Hall–Kier alpha value is -2.94. The van der Waals surface area contributed by atoms with E-state index in [1.54, 1.807) is 12.1 Å². The molecule has 0 saturated heterocycles.